The van der Waals surface area contributed by atoms with Gasteiger partial charge < -0.3 is 5.32 Å². The first-order chi connectivity index (χ1) is 8.63. The van der Waals surface area contributed by atoms with Crippen LogP contribution in [0.2, 0.25) is 0 Å². The molecule has 2 unspecified atom stereocenters. The van der Waals surface area contributed by atoms with Crippen LogP contribution >= 0.6 is 0 Å². The Kier molecular flexibility index (Phi) is 3.60. The van der Waals surface area contributed by atoms with Gasteiger partial charge in [0.15, 0.2) is 0 Å². The molecule has 5 heteroatoms. The number of amides is 2. The molecule has 18 heavy (non-hydrogen) atoms. The quantitative estimate of drug-likeness (QED) is 0.817. The number of nitrogens with zero attached hydrogens (tertiary/aromatic N) is 2. The topological polar surface area (TPSA) is 62.3 Å². The van der Waals surface area contributed by atoms with E-state index < -0.39 is 6.04 Å². The summed E-state index contributed by atoms with van der Waals surface area (Å²) in [6.07, 6.45) is 4.30. The summed E-state index contributed by atoms with van der Waals surface area (Å²) in [7, 11) is 0. The van der Waals surface area contributed by atoms with Crippen molar-refractivity contribution in [1.29, 1.82) is 0 Å². The van der Waals surface area contributed by atoms with Crippen molar-refractivity contribution in [3.8, 4) is 0 Å². The summed E-state index contributed by atoms with van der Waals surface area (Å²) >= 11 is 0. The standard InChI is InChI=1S/C13H17N3O2/c1-3-9(2)16-12(17)8-11(13(16)18)15-10-4-6-14-7-5-10/h4-7,9,11H,3,8H2,1-2H3,(H,14,15). The van der Waals surface area contributed by atoms with Crippen molar-refractivity contribution >= 4 is 17.5 Å². The molecular weight excluding hydrogens is 230 g/mol. The minimum absolute atomic E-state index is 0.0331. The summed E-state index contributed by atoms with van der Waals surface area (Å²) in [4.78, 5) is 29.3. The lowest BCUT2D eigenvalue weighted by molar-refractivity contribution is -0.140. The van der Waals surface area contributed by atoms with Gasteiger partial charge >= 0.3 is 0 Å². The van der Waals surface area contributed by atoms with Crippen molar-refractivity contribution < 1.29 is 9.59 Å². The van der Waals surface area contributed by atoms with Crippen LogP contribution in [0.25, 0.3) is 0 Å². The van der Waals surface area contributed by atoms with Gasteiger partial charge in [-0.3, -0.25) is 19.5 Å². The molecule has 0 saturated carbocycles. The maximum absolute atomic E-state index is 12.1. The summed E-state index contributed by atoms with van der Waals surface area (Å²) in [6.45, 7) is 3.86. The van der Waals surface area contributed by atoms with E-state index in [1.165, 1.54) is 4.90 Å². The SMILES string of the molecule is CCC(C)N1C(=O)CC(Nc2ccncc2)C1=O. The number of imide groups is 1. The lowest BCUT2D eigenvalue weighted by Gasteiger charge is -2.21. The highest BCUT2D eigenvalue weighted by Crippen LogP contribution is 2.21. The van der Waals surface area contributed by atoms with Gasteiger partial charge in [0.05, 0.1) is 6.42 Å². The van der Waals surface area contributed by atoms with Crippen molar-refractivity contribution in [1.82, 2.24) is 9.88 Å². The lowest BCUT2D eigenvalue weighted by Crippen LogP contribution is -2.40. The Hall–Kier alpha value is -1.91. The van der Waals surface area contributed by atoms with E-state index in [9.17, 15) is 9.59 Å². The summed E-state index contributed by atoms with van der Waals surface area (Å²) in [6, 6.07) is 3.08. The van der Waals surface area contributed by atoms with E-state index in [-0.39, 0.29) is 24.3 Å². The molecule has 1 aromatic rings. The zero-order valence-corrected chi connectivity index (χ0v) is 10.6. The third kappa shape index (κ3) is 2.34. The molecule has 2 heterocycles. The summed E-state index contributed by atoms with van der Waals surface area (Å²) in [5.74, 6) is -0.230. The number of rotatable bonds is 4. The van der Waals surface area contributed by atoms with E-state index in [4.69, 9.17) is 0 Å². The second-order valence-electron chi connectivity index (χ2n) is 4.50. The fraction of sp³-hybridized carbons (Fsp3) is 0.462. The number of likely N-dealkylation sites (tertiary alicyclic amines) is 1. The predicted octanol–water partition coefficient (Wildman–Crippen LogP) is 1.42. The molecule has 1 aliphatic heterocycles. The van der Waals surface area contributed by atoms with Gasteiger partial charge in [0.2, 0.25) is 5.91 Å². The van der Waals surface area contributed by atoms with Crippen LogP contribution in [-0.2, 0) is 9.59 Å². The molecule has 96 valence electrons. The number of hydrogen-bond donors (Lipinski definition) is 1. The molecule has 5 nitrogen and oxygen atoms in total. The fourth-order valence-electron chi connectivity index (χ4n) is 2.06. The Bertz CT molecular complexity index is 447. The Balaban J connectivity index is 2.09. The first-order valence-electron chi connectivity index (χ1n) is 6.16. The van der Waals surface area contributed by atoms with Crippen LogP contribution in [-0.4, -0.2) is 33.8 Å². The average Bonchev–Trinajstić information content (AvgIpc) is 2.65. The molecule has 2 amide bonds. The summed E-state index contributed by atoms with van der Waals surface area (Å²) < 4.78 is 0. The molecular formula is C13H17N3O2. The zero-order valence-electron chi connectivity index (χ0n) is 10.6. The molecule has 0 bridgehead atoms. The summed E-state index contributed by atoms with van der Waals surface area (Å²) in [5, 5.41) is 3.08. The molecule has 1 aromatic heterocycles. The van der Waals surface area contributed by atoms with E-state index in [0.717, 1.165) is 12.1 Å². The van der Waals surface area contributed by atoms with Crippen LogP contribution in [0.1, 0.15) is 26.7 Å². The van der Waals surface area contributed by atoms with Crippen LogP contribution < -0.4 is 5.32 Å². The van der Waals surface area contributed by atoms with Gasteiger partial charge in [0.25, 0.3) is 5.91 Å². The van der Waals surface area contributed by atoms with Gasteiger partial charge in [0, 0.05) is 24.1 Å². The molecule has 0 radical (unpaired) electrons. The van der Waals surface area contributed by atoms with E-state index >= 15 is 0 Å². The van der Waals surface area contributed by atoms with Crippen molar-refractivity contribution in [2.75, 3.05) is 5.32 Å². The average molecular weight is 247 g/mol. The molecule has 1 aliphatic rings. The molecule has 1 fully saturated rings. The summed E-state index contributed by atoms with van der Waals surface area (Å²) in [5.41, 5.74) is 0.808. The minimum Gasteiger partial charge on any atom is -0.373 e. The number of aromatic nitrogens is 1. The molecule has 1 N–H and O–H groups in total. The van der Waals surface area contributed by atoms with E-state index in [1.54, 1.807) is 24.5 Å². The van der Waals surface area contributed by atoms with E-state index in [1.807, 2.05) is 13.8 Å². The lowest BCUT2D eigenvalue weighted by atomic mass is 10.2. The first kappa shape index (κ1) is 12.5. The number of nitrogens with one attached hydrogen (secondary N) is 1. The third-order valence-electron chi connectivity index (χ3n) is 3.24. The molecule has 0 aliphatic carbocycles. The molecule has 0 aromatic carbocycles. The van der Waals surface area contributed by atoms with Crippen LogP contribution in [0, 0.1) is 0 Å². The highest BCUT2D eigenvalue weighted by atomic mass is 16.2. The number of hydrogen-bond acceptors (Lipinski definition) is 4. The van der Waals surface area contributed by atoms with Gasteiger partial charge in [-0.05, 0) is 25.5 Å². The maximum Gasteiger partial charge on any atom is 0.252 e. The van der Waals surface area contributed by atoms with Crippen molar-refractivity contribution in [3.05, 3.63) is 24.5 Å². The van der Waals surface area contributed by atoms with Crippen LogP contribution in [0.5, 0.6) is 0 Å². The van der Waals surface area contributed by atoms with Gasteiger partial charge in [0.1, 0.15) is 6.04 Å². The Morgan fingerprint density at radius 1 is 1.44 bits per heavy atom. The van der Waals surface area contributed by atoms with Crippen molar-refractivity contribution in [2.24, 2.45) is 0 Å². The Labute approximate surface area is 106 Å². The molecule has 1 saturated heterocycles. The second kappa shape index (κ2) is 5.16. The fourth-order valence-corrected chi connectivity index (χ4v) is 2.06. The smallest absolute Gasteiger partial charge is 0.252 e. The highest BCUT2D eigenvalue weighted by molar-refractivity contribution is 6.07. The monoisotopic (exact) mass is 247 g/mol. The first-order valence-corrected chi connectivity index (χ1v) is 6.16. The zero-order chi connectivity index (χ0) is 13.1. The highest BCUT2D eigenvalue weighted by Gasteiger charge is 2.40. The van der Waals surface area contributed by atoms with E-state index in [0.29, 0.717) is 0 Å². The molecule has 2 rings (SSSR count). The predicted molar refractivity (Wildman–Crippen MR) is 67.9 cm³/mol. The van der Waals surface area contributed by atoms with Gasteiger partial charge in [-0.25, -0.2) is 0 Å². The van der Waals surface area contributed by atoms with Gasteiger partial charge in [-0.15, -0.1) is 0 Å². The van der Waals surface area contributed by atoms with Crippen LogP contribution in [0.15, 0.2) is 24.5 Å². The maximum atomic E-state index is 12.1. The number of anilines is 1. The number of pyridine rings is 1. The Morgan fingerprint density at radius 3 is 2.72 bits per heavy atom. The molecule has 0 spiro atoms. The third-order valence-corrected chi connectivity index (χ3v) is 3.24. The van der Waals surface area contributed by atoms with Gasteiger partial charge in [-0.1, -0.05) is 6.92 Å². The normalized spacial score (nSPS) is 21.2. The van der Waals surface area contributed by atoms with E-state index in [2.05, 4.69) is 10.3 Å². The number of carbonyl (C=O) groups is 2. The molecule has 2 atom stereocenters. The number of carbonyl (C=O) groups excluding carboxylic acids is 2. The van der Waals surface area contributed by atoms with Crippen LogP contribution in [0.3, 0.4) is 0 Å². The Morgan fingerprint density at radius 2 is 2.11 bits per heavy atom. The van der Waals surface area contributed by atoms with Crippen molar-refractivity contribution in [3.63, 3.8) is 0 Å². The van der Waals surface area contributed by atoms with Gasteiger partial charge in [-0.2, -0.15) is 0 Å². The van der Waals surface area contributed by atoms with Crippen molar-refractivity contribution in [2.45, 2.75) is 38.8 Å². The largest absolute Gasteiger partial charge is 0.373 e. The van der Waals surface area contributed by atoms with Crippen LogP contribution in [0.4, 0.5) is 5.69 Å². The second-order valence-corrected chi connectivity index (χ2v) is 4.50. The minimum atomic E-state index is -0.450.